The van der Waals surface area contributed by atoms with E-state index in [2.05, 4.69) is 6.58 Å². The highest BCUT2D eigenvalue weighted by Gasteiger charge is 2.33. The van der Waals surface area contributed by atoms with E-state index in [-0.39, 0.29) is 11.9 Å². The Morgan fingerprint density at radius 1 is 1.56 bits per heavy atom. The number of aliphatic carboxylic acids is 1. The van der Waals surface area contributed by atoms with Crippen molar-refractivity contribution in [2.24, 2.45) is 5.92 Å². The molecule has 0 aromatic rings. The van der Waals surface area contributed by atoms with E-state index in [9.17, 15) is 9.59 Å². The fourth-order valence-electron chi connectivity index (χ4n) is 1.58. The maximum Gasteiger partial charge on any atom is 0.308 e. The molecule has 1 aliphatic rings. The van der Waals surface area contributed by atoms with Crippen LogP contribution in [0.25, 0.3) is 0 Å². The molecule has 1 amide bonds. The van der Waals surface area contributed by atoms with E-state index in [0.717, 1.165) is 12.8 Å². The Morgan fingerprint density at radius 2 is 2.19 bits per heavy atom. The Balaban J connectivity index is 2.49. The Hall–Kier alpha value is -1.32. The molecule has 4 nitrogen and oxygen atoms in total. The van der Waals surface area contributed by atoms with Crippen molar-refractivity contribution in [1.82, 2.24) is 4.90 Å². The molecule has 0 bridgehead atoms. The lowest BCUT2D eigenvalue weighted by atomic mass is 10.1. The average Bonchev–Trinajstić information content (AvgIpc) is 3.05. The highest BCUT2D eigenvalue weighted by Crippen LogP contribution is 2.28. The minimum atomic E-state index is -0.845. The predicted molar refractivity (Wildman–Crippen MR) is 61.0 cm³/mol. The number of hydrogen-bond acceptors (Lipinski definition) is 2. The van der Waals surface area contributed by atoms with Gasteiger partial charge in [-0.1, -0.05) is 13.0 Å². The van der Waals surface area contributed by atoms with Crippen molar-refractivity contribution in [3.05, 3.63) is 12.7 Å². The fourth-order valence-corrected chi connectivity index (χ4v) is 1.58. The third-order valence-corrected chi connectivity index (χ3v) is 2.76. The molecule has 0 heterocycles. The molecule has 4 heteroatoms. The summed E-state index contributed by atoms with van der Waals surface area (Å²) >= 11 is 0. The summed E-state index contributed by atoms with van der Waals surface area (Å²) in [6, 6.07) is 0.277. The highest BCUT2D eigenvalue weighted by molar-refractivity contribution is 5.78. The van der Waals surface area contributed by atoms with E-state index in [1.165, 1.54) is 0 Å². The first-order valence-electron chi connectivity index (χ1n) is 5.69. The normalized spacial score (nSPS) is 16.6. The molecule has 90 valence electrons. The monoisotopic (exact) mass is 225 g/mol. The first-order valence-corrected chi connectivity index (χ1v) is 5.69. The number of allylic oxidation sites excluding steroid dienone is 1. The van der Waals surface area contributed by atoms with Crippen LogP contribution in [-0.4, -0.2) is 34.5 Å². The fraction of sp³-hybridized carbons (Fsp3) is 0.667. The summed E-state index contributed by atoms with van der Waals surface area (Å²) in [5, 5.41) is 8.84. The van der Waals surface area contributed by atoms with Crippen LogP contribution in [-0.2, 0) is 9.59 Å². The van der Waals surface area contributed by atoms with E-state index in [1.54, 1.807) is 17.9 Å². The highest BCUT2D eigenvalue weighted by atomic mass is 16.4. The summed E-state index contributed by atoms with van der Waals surface area (Å²) in [6.07, 6.45) is 4.82. The minimum absolute atomic E-state index is 0.0514. The molecular weight excluding hydrogens is 206 g/mol. The minimum Gasteiger partial charge on any atom is -0.481 e. The Kier molecular flexibility index (Phi) is 4.52. The second-order valence-corrected chi connectivity index (χ2v) is 4.34. The van der Waals surface area contributed by atoms with Crippen LogP contribution in [0.2, 0.25) is 0 Å². The van der Waals surface area contributed by atoms with Crippen LogP contribution in [0.4, 0.5) is 0 Å². The maximum absolute atomic E-state index is 11.8. The second-order valence-electron chi connectivity index (χ2n) is 4.34. The molecular formula is C12H19NO3. The summed E-state index contributed by atoms with van der Waals surface area (Å²) in [4.78, 5) is 24.3. The lowest BCUT2D eigenvalue weighted by molar-refractivity contribution is -0.143. The van der Waals surface area contributed by atoms with Crippen molar-refractivity contribution in [2.75, 3.05) is 6.54 Å². The molecule has 0 aromatic heterocycles. The van der Waals surface area contributed by atoms with Crippen molar-refractivity contribution in [2.45, 2.75) is 38.6 Å². The number of rotatable bonds is 7. The van der Waals surface area contributed by atoms with Crippen molar-refractivity contribution in [3.8, 4) is 0 Å². The van der Waals surface area contributed by atoms with Gasteiger partial charge < -0.3 is 10.0 Å². The zero-order chi connectivity index (χ0) is 12.1. The molecule has 1 atom stereocenters. The molecule has 0 aromatic carbocycles. The Labute approximate surface area is 95.9 Å². The number of carbonyl (C=O) groups is 2. The molecule has 0 saturated heterocycles. The van der Waals surface area contributed by atoms with Crippen LogP contribution in [0.5, 0.6) is 0 Å². The summed E-state index contributed by atoms with van der Waals surface area (Å²) in [6.45, 7) is 5.54. The van der Waals surface area contributed by atoms with E-state index in [4.69, 9.17) is 5.11 Å². The number of carbonyl (C=O) groups excluding carboxylic acids is 1. The summed E-state index contributed by atoms with van der Waals surface area (Å²) in [5.41, 5.74) is 0. The van der Waals surface area contributed by atoms with Gasteiger partial charge in [0.1, 0.15) is 0 Å². The number of amides is 1. The first-order chi connectivity index (χ1) is 7.56. The van der Waals surface area contributed by atoms with Crippen molar-refractivity contribution >= 4 is 11.9 Å². The zero-order valence-corrected chi connectivity index (χ0v) is 9.69. The van der Waals surface area contributed by atoms with E-state index < -0.39 is 11.9 Å². The van der Waals surface area contributed by atoms with Gasteiger partial charge in [0.05, 0.1) is 5.92 Å². The van der Waals surface area contributed by atoms with Gasteiger partial charge in [0, 0.05) is 19.0 Å². The first kappa shape index (κ1) is 12.7. The van der Waals surface area contributed by atoms with Gasteiger partial charge in [0.2, 0.25) is 5.91 Å². The number of carboxylic acids is 1. The van der Waals surface area contributed by atoms with Crippen molar-refractivity contribution in [3.63, 3.8) is 0 Å². The van der Waals surface area contributed by atoms with Crippen molar-refractivity contribution in [1.29, 1.82) is 0 Å². The standard InChI is InChI=1S/C12H19NO3/c1-3-4-5-11(14)13(10-6-7-10)8-9(2)12(15)16/h3,9-10H,1,4-8H2,2H3,(H,15,16). The topological polar surface area (TPSA) is 57.6 Å². The molecule has 0 spiro atoms. The SMILES string of the molecule is C=CCCC(=O)N(CC(C)C(=O)O)C1CC1. The van der Waals surface area contributed by atoms with Gasteiger partial charge in [-0.25, -0.2) is 0 Å². The molecule has 1 unspecified atom stereocenters. The van der Waals surface area contributed by atoms with Crippen LogP contribution >= 0.6 is 0 Å². The smallest absolute Gasteiger partial charge is 0.308 e. The third-order valence-electron chi connectivity index (χ3n) is 2.76. The molecule has 1 rings (SSSR count). The lowest BCUT2D eigenvalue weighted by Crippen LogP contribution is -2.38. The van der Waals surface area contributed by atoms with Gasteiger partial charge in [0.25, 0.3) is 0 Å². The van der Waals surface area contributed by atoms with Gasteiger partial charge >= 0.3 is 5.97 Å². The van der Waals surface area contributed by atoms with E-state index in [1.807, 2.05) is 0 Å². The van der Waals surface area contributed by atoms with Crippen LogP contribution in [0, 0.1) is 5.92 Å². The summed E-state index contributed by atoms with van der Waals surface area (Å²) in [5.74, 6) is -1.29. The van der Waals surface area contributed by atoms with Crippen LogP contribution in [0.3, 0.4) is 0 Å². The molecule has 1 fully saturated rings. The molecule has 16 heavy (non-hydrogen) atoms. The van der Waals surface area contributed by atoms with E-state index in [0.29, 0.717) is 19.4 Å². The molecule has 0 radical (unpaired) electrons. The molecule has 1 aliphatic carbocycles. The quantitative estimate of drug-likeness (QED) is 0.670. The number of carboxylic acid groups (broad SMARTS) is 1. The molecule has 0 aliphatic heterocycles. The average molecular weight is 225 g/mol. The van der Waals surface area contributed by atoms with Crippen LogP contribution in [0.15, 0.2) is 12.7 Å². The van der Waals surface area contributed by atoms with Gasteiger partial charge in [-0.15, -0.1) is 6.58 Å². The Morgan fingerprint density at radius 3 is 2.62 bits per heavy atom. The van der Waals surface area contributed by atoms with Crippen LogP contribution in [0.1, 0.15) is 32.6 Å². The second kappa shape index (κ2) is 5.68. The predicted octanol–water partition coefficient (Wildman–Crippen LogP) is 1.66. The van der Waals surface area contributed by atoms with Gasteiger partial charge in [-0.2, -0.15) is 0 Å². The van der Waals surface area contributed by atoms with E-state index >= 15 is 0 Å². The molecule has 1 saturated carbocycles. The van der Waals surface area contributed by atoms with Crippen LogP contribution < -0.4 is 0 Å². The van der Waals surface area contributed by atoms with Crippen molar-refractivity contribution < 1.29 is 14.7 Å². The van der Waals surface area contributed by atoms with Gasteiger partial charge in [-0.05, 0) is 19.3 Å². The Bertz CT molecular complexity index is 284. The third kappa shape index (κ3) is 3.68. The molecule has 1 N–H and O–H groups in total. The largest absolute Gasteiger partial charge is 0.481 e. The van der Waals surface area contributed by atoms with Gasteiger partial charge in [-0.3, -0.25) is 9.59 Å². The van der Waals surface area contributed by atoms with Gasteiger partial charge in [0.15, 0.2) is 0 Å². The summed E-state index contributed by atoms with van der Waals surface area (Å²) in [7, 11) is 0. The maximum atomic E-state index is 11.8. The zero-order valence-electron chi connectivity index (χ0n) is 9.69. The number of nitrogens with zero attached hydrogens (tertiary/aromatic N) is 1. The lowest BCUT2D eigenvalue weighted by Gasteiger charge is -2.24. The number of hydrogen-bond donors (Lipinski definition) is 1. The summed E-state index contributed by atoms with van der Waals surface area (Å²) < 4.78 is 0.